The van der Waals surface area contributed by atoms with E-state index in [1.54, 1.807) is 24.3 Å². The molecule has 1 aromatic rings. The van der Waals surface area contributed by atoms with Gasteiger partial charge in [-0.15, -0.1) is 0 Å². The molecule has 2 rings (SSSR count). The number of amides is 2. The minimum Gasteiger partial charge on any atom is -0.383 e. The number of hydrogen-bond donors (Lipinski definition) is 0. The predicted octanol–water partition coefficient (Wildman–Crippen LogP) is 0.825. The molecule has 2 heterocycles. The van der Waals surface area contributed by atoms with Crippen molar-refractivity contribution in [2.45, 2.75) is 27.3 Å². The molecule has 1 aromatic heterocycles. The van der Waals surface area contributed by atoms with Gasteiger partial charge in [-0.2, -0.15) is 0 Å². The van der Waals surface area contributed by atoms with Crippen LogP contribution in [0.1, 0.15) is 31.1 Å². The van der Waals surface area contributed by atoms with Crippen molar-refractivity contribution in [1.29, 1.82) is 0 Å². The van der Waals surface area contributed by atoms with Crippen molar-refractivity contribution in [1.82, 2.24) is 14.4 Å². The first-order chi connectivity index (χ1) is 11.7. The summed E-state index contributed by atoms with van der Waals surface area (Å²) in [5, 5.41) is 0. The fraction of sp³-hybridized carbons (Fsp3) is 0.611. The highest BCUT2D eigenvalue weighted by atomic mass is 16.5. The molecule has 0 radical (unpaired) electrons. The SMILES string of the molecule is COCCn1cc(C(=O)N2CCN(C(=O)C(C)(C)C)CC2)ccc1=O. The maximum absolute atomic E-state index is 12.7. The summed E-state index contributed by atoms with van der Waals surface area (Å²) >= 11 is 0. The van der Waals surface area contributed by atoms with Crippen LogP contribution in [0.2, 0.25) is 0 Å². The number of hydrogen-bond acceptors (Lipinski definition) is 4. The number of carbonyl (C=O) groups excluding carboxylic acids is 2. The molecule has 0 aliphatic carbocycles. The molecule has 7 heteroatoms. The highest BCUT2D eigenvalue weighted by molar-refractivity contribution is 5.94. The lowest BCUT2D eigenvalue weighted by Gasteiger charge is -2.37. The molecule has 0 saturated carbocycles. The van der Waals surface area contributed by atoms with E-state index in [0.717, 1.165) is 0 Å². The van der Waals surface area contributed by atoms with E-state index in [1.807, 2.05) is 25.7 Å². The van der Waals surface area contributed by atoms with Crippen LogP contribution >= 0.6 is 0 Å². The molecule has 138 valence electrons. The Kier molecular flexibility index (Phi) is 6.00. The topological polar surface area (TPSA) is 71.8 Å². The van der Waals surface area contributed by atoms with Gasteiger partial charge in [-0.05, 0) is 6.07 Å². The van der Waals surface area contributed by atoms with Crippen LogP contribution in [-0.2, 0) is 16.1 Å². The summed E-state index contributed by atoms with van der Waals surface area (Å²) in [4.78, 5) is 40.4. The van der Waals surface area contributed by atoms with Gasteiger partial charge in [-0.1, -0.05) is 20.8 Å². The molecule has 0 bridgehead atoms. The normalized spacial score (nSPS) is 15.4. The molecule has 0 spiro atoms. The Morgan fingerprint density at radius 2 is 1.68 bits per heavy atom. The van der Waals surface area contributed by atoms with E-state index in [4.69, 9.17) is 4.74 Å². The summed E-state index contributed by atoms with van der Waals surface area (Å²) in [5.74, 6) is -0.0123. The van der Waals surface area contributed by atoms with Gasteiger partial charge in [0, 0.05) is 57.5 Å². The average Bonchev–Trinajstić information content (AvgIpc) is 2.59. The lowest BCUT2D eigenvalue weighted by Crippen LogP contribution is -2.53. The summed E-state index contributed by atoms with van der Waals surface area (Å²) < 4.78 is 6.47. The van der Waals surface area contributed by atoms with Gasteiger partial charge in [0.25, 0.3) is 11.5 Å². The van der Waals surface area contributed by atoms with E-state index in [-0.39, 0.29) is 17.4 Å². The Morgan fingerprint density at radius 1 is 1.08 bits per heavy atom. The summed E-state index contributed by atoms with van der Waals surface area (Å²) in [6.07, 6.45) is 1.58. The first kappa shape index (κ1) is 19.2. The fourth-order valence-corrected chi connectivity index (χ4v) is 2.79. The van der Waals surface area contributed by atoms with Gasteiger partial charge in [0.05, 0.1) is 12.2 Å². The number of rotatable bonds is 4. The standard InChI is InChI=1S/C18H27N3O4/c1-18(2,3)17(24)20-9-7-19(8-10-20)16(23)14-5-6-15(22)21(13-14)11-12-25-4/h5-6,13H,7-12H2,1-4H3. The Bertz CT molecular complexity index is 682. The van der Waals surface area contributed by atoms with E-state index >= 15 is 0 Å². The van der Waals surface area contributed by atoms with Crippen LogP contribution in [-0.4, -0.2) is 66.1 Å². The molecule has 1 aliphatic heterocycles. The smallest absolute Gasteiger partial charge is 0.255 e. The Hall–Kier alpha value is -2.15. The summed E-state index contributed by atoms with van der Waals surface area (Å²) in [5.41, 5.74) is -0.0938. The Morgan fingerprint density at radius 3 is 2.24 bits per heavy atom. The summed E-state index contributed by atoms with van der Waals surface area (Å²) in [6.45, 7) is 8.57. The van der Waals surface area contributed by atoms with Crippen LogP contribution in [0.15, 0.2) is 23.1 Å². The minimum atomic E-state index is -0.414. The molecule has 0 atom stereocenters. The molecule has 2 amide bonds. The van der Waals surface area contributed by atoms with Crippen LogP contribution in [0.5, 0.6) is 0 Å². The van der Waals surface area contributed by atoms with Crippen LogP contribution in [0.3, 0.4) is 0 Å². The second-order valence-electron chi connectivity index (χ2n) is 7.28. The number of piperazine rings is 1. The van der Waals surface area contributed by atoms with Crippen LogP contribution in [0.4, 0.5) is 0 Å². The molecular weight excluding hydrogens is 322 g/mol. The minimum absolute atomic E-state index is 0.104. The van der Waals surface area contributed by atoms with E-state index in [0.29, 0.717) is 44.9 Å². The van der Waals surface area contributed by atoms with E-state index < -0.39 is 5.41 Å². The number of pyridine rings is 1. The molecule has 25 heavy (non-hydrogen) atoms. The van der Waals surface area contributed by atoms with Crippen molar-refractivity contribution >= 4 is 11.8 Å². The molecule has 0 aromatic carbocycles. The van der Waals surface area contributed by atoms with Gasteiger partial charge in [0.15, 0.2) is 0 Å². The van der Waals surface area contributed by atoms with E-state index in [2.05, 4.69) is 0 Å². The molecule has 1 fully saturated rings. The highest BCUT2D eigenvalue weighted by Gasteiger charge is 2.31. The second-order valence-corrected chi connectivity index (χ2v) is 7.28. The van der Waals surface area contributed by atoms with Crippen LogP contribution < -0.4 is 5.56 Å². The first-order valence-corrected chi connectivity index (χ1v) is 8.52. The maximum atomic E-state index is 12.7. The molecular formula is C18H27N3O4. The highest BCUT2D eigenvalue weighted by Crippen LogP contribution is 2.19. The maximum Gasteiger partial charge on any atom is 0.255 e. The van der Waals surface area contributed by atoms with Crippen LogP contribution in [0.25, 0.3) is 0 Å². The van der Waals surface area contributed by atoms with E-state index in [9.17, 15) is 14.4 Å². The zero-order valence-electron chi connectivity index (χ0n) is 15.4. The van der Waals surface area contributed by atoms with Crippen molar-refractivity contribution in [3.05, 3.63) is 34.2 Å². The second kappa shape index (κ2) is 7.82. The monoisotopic (exact) mass is 349 g/mol. The zero-order valence-corrected chi connectivity index (χ0v) is 15.4. The number of aromatic nitrogens is 1. The van der Waals surface area contributed by atoms with Gasteiger partial charge >= 0.3 is 0 Å². The van der Waals surface area contributed by atoms with Crippen LogP contribution in [0, 0.1) is 5.41 Å². The summed E-state index contributed by atoms with van der Waals surface area (Å²) in [6, 6.07) is 2.96. The average molecular weight is 349 g/mol. The lowest BCUT2D eigenvalue weighted by molar-refractivity contribution is -0.140. The third-order valence-electron chi connectivity index (χ3n) is 4.26. The third-order valence-corrected chi connectivity index (χ3v) is 4.26. The van der Waals surface area contributed by atoms with Gasteiger partial charge in [-0.25, -0.2) is 0 Å². The Labute approximate surface area is 148 Å². The number of carbonyl (C=O) groups is 2. The zero-order chi connectivity index (χ0) is 18.6. The van der Waals surface area contributed by atoms with Crippen molar-refractivity contribution in [3.8, 4) is 0 Å². The molecule has 0 unspecified atom stereocenters. The van der Waals surface area contributed by atoms with Gasteiger partial charge in [0.2, 0.25) is 5.91 Å². The number of ether oxygens (including phenoxy) is 1. The third kappa shape index (κ3) is 4.69. The largest absolute Gasteiger partial charge is 0.383 e. The Balaban J connectivity index is 2.03. The number of nitrogens with zero attached hydrogens (tertiary/aromatic N) is 3. The van der Waals surface area contributed by atoms with Gasteiger partial charge in [-0.3, -0.25) is 14.4 Å². The first-order valence-electron chi connectivity index (χ1n) is 8.52. The fourth-order valence-electron chi connectivity index (χ4n) is 2.79. The van der Waals surface area contributed by atoms with Crippen molar-refractivity contribution in [2.24, 2.45) is 5.41 Å². The van der Waals surface area contributed by atoms with Crippen molar-refractivity contribution in [2.75, 3.05) is 39.9 Å². The molecule has 1 aliphatic rings. The number of methoxy groups -OCH3 is 1. The molecule has 1 saturated heterocycles. The molecule has 0 N–H and O–H groups in total. The van der Waals surface area contributed by atoms with Gasteiger partial charge < -0.3 is 19.1 Å². The predicted molar refractivity (Wildman–Crippen MR) is 94.5 cm³/mol. The van der Waals surface area contributed by atoms with Crippen molar-refractivity contribution < 1.29 is 14.3 Å². The van der Waals surface area contributed by atoms with Crippen molar-refractivity contribution in [3.63, 3.8) is 0 Å². The van der Waals surface area contributed by atoms with Gasteiger partial charge in [0.1, 0.15) is 0 Å². The van der Waals surface area contributed by atoms with E-state index in [1.165, 1.54) is 10.6 Å². The molecule has 7 nitrogen and oxygen atoms in total. The lowest BCUT2D eigenvalue weighted by atomic mass is 9.94. The summed E-state index contributed by atoms with van der Waals surface area (Å²) in [7, 11) is 1.57. The quantitative estimate of drug-likeness (QED) is 0.807.